The highest BCUT2D eigenvalue weighted by molar-refractivity contribution is 7.99. The zero-order valence-electron chi connectivity index (χ0n) is 14.8. The molecule has 0 heterocycles. The molecule has 1 N–H and O–H groups in total. The fourth-order valence-corrected chi connectivity index (χ4v) is 4.03. The van der Waals surface area contributed by atoms with Gasteiger partial charge < -0.3 is 14.8 Å². The molecule has 1 unspecified atom stereocenters. The molecule has 0 bridgehead atoms. The molecule has 7 heteroatoms. The molecule has 2 rings (SSSR count). The summed E-state index contributed by atoms with van der Waals surface area (Å²) in [5, 5.41) is 4.20. The van der Waals surface area contributed by atoms with E-state index < -0.39 is 0 Å². The number of hydrogen-bond acceptors (Lipinski definition) is 4. The van der Waals surface area contributed by atoms with Crippen molar-refractivity contribution in [3.63, 3.8) is 0 Å². The molecule has 140 valence electrons. The van der Waals surface area contributed by atoms with Crippen LogP contribution in [0, 0.1) is 0 Å². The third-order valence-electron chi connectivity index (χ3n) is 3.82. The van der Waals surface area contributed by atoms with Crippen LogP contribution in [0.1, 0.15) is 24.1 Å². The number of thioether (sulfide) groups is 1. The highest BCUT2D eigenvalue weighted by atomic mass is 35.5. The minimum Gasteiger partial charge on any atom is -0.497 e. The maximum atomic E-state index is 12.3. The van der Waals surface area contributed by atoms with Crippen LogP contribution in [0.4, 0.5) is 0 Å². The van der Waals surface area contributed by atoms with Crippen molar-refractivity contribution in [3.8, 4) is 11.5 Å². The molecule has 0 saturated carbocycles. The third-order valence-corrected chi connectivity index (χ3v) is 5.49. The van der Waals surface area contributed by atoms with E-state index >= 15 is 0 Å². The number of rotatable bonds is 8. The lowest BCUT2D eigenvalue weighted by atomic mass is 10.1. The molecule has 2 aromatic carbocycles. The van der Waals surface area contributed by atoms with Gasteiger partial charge in [-0.2, -0.15) is 0 Å². The summed E-state index contributed by atoms with van der Waals surface area (Å²) in [6.45, 7) is 1.91. The molecular weight excluding hydrogens is 393 g/mol. The maximum Gasteiger partial charge on any atom is 0.230 e. The minimum absolute atomic E-state index is 0.0736. The first-order chi connectivity index (χ1) is 12.5. The van der Waals surface area contributed by atoms with Crippen molar-refractivity contribution in [2.24, 2.45) is 0 Å². The van der Waals surface area contributed by atoms with Crippen LogP contribution in [-0.4, -0.2) is 25.9 Å². The van der Waals surface area contributed by atoms with E-state index in [1.165, 1.54) is 11.8 Å². The molecule has 0 aromatic heterocycles. The van der Waals surface area contributed by atoms with E-state index in [2.05, 4.69) is 5.32 Å². The molecule has 2 aromatic rings. The average Bonchev–Trinajstić information content (AvgIpc) is 2.63. The summed E-state index contributed by atoms with van der Waals surface area (Å²) in [5.74, 6) is 2.22. The minimum atomic E-state index is -0.211. The van der Waals surface area contributed by atoms with Gasteiger partial charge in [-0.15, -0.1) is 11.8 Å². The van der Waals surface area contributed by atoms with Gasteiger partial charge in [0.2, 0.25) is 5.91 Å². The zero-order chi connectivity index (χ0) is 19.1. The summed E-state index contributed by atoms with van der Waals surface area (Å²) in [4.78, 5) is 12.3. The van der Waals surface area contributed by atoms with E-state index in [4.69, 9.17) is 32.7 Å². The summed E-state index contributed by atoms with van der Waals surface area (Å²) in [6, 6.07) is 10.7. The van der Waals surface area contributed by atoms with Crippen molar-refractivity contribution >= 4 is 40.9 Å². The van der Waals surface area contributed by atoms with Gasteiger partial charge in [-0.25, -0.2) is 0 Å². The number of amides is 1. The van der Waals surface area contributed by atoms with E-state index in [0.29, 0.717) is 33.0 Å². The Morgan fingerprint density at radius 1 is 1.15 bits per heavy atom. The SMILES string of the molecule is COc1ccc(OC)c(C(C)NC(=O)CSCc2c(Cl)cccc2Cl)c1. The molecule has 0 spiro atoms. The predicted octanol–water partition coefficient (Wildman–Crippen LogP) is 5.12. The number of halogens is 2. The van der Waals surface area contributed by atoms with Gasteiger partial charge in [0.1, 0.15) is 11.5 Å². The van der Waals surface area contributed by atoms with E-state index in [-0.39, 0.29) is 11.9 Å². The summed E-state index contributed by atoms with van der Waals surface area (Å²) in [7, 11) is 3.20. The highest BCUT2D eigenvalue weighted by Gasteiger charge is 2.15. The highest BCUT2D eigenvalue weighted by Crippen LogP contribution is 2.30. The second-order valence-corrected chi connectivity index (χ2v) is 7.39. The first-order valence-electron chi connectivity index (χ1n) is 7.98. The maximum absolute atomic E-state index is 12.3. The van der Waals surface area contributed by atoms with Crippen molar-refractivity contribution in [3.05, 3.63) is 57.6 Å². The number of hydrogen-bond donors (Lipinski definition) is 1. The molecule has 26 heavy (non-hydrogen) atoms. The van der Waals surface area contributed by atoms with Crippen molar-refractivity contribution in [1.29, 1.82) is 0 Å². The predicted molar refractivity (Wildman–Crippen MR) is 109 cm³/mol. The van der Waals surface area contributed by atoms with Crippen molar-refractivity contribution < 1.29 is 14.3 Å². The molecule has 0 aliphatic heterocycles. The topological polar surface area (TPSA) is 47.6 Å². The van der Waals surface area contributed by atoms with Gasteiger partial charge in [-0.3, -0.25) is 4.79 Å². The molecular formula is C19H21Cl2NO3S. The largest absolute Gasteiger partial charge is 0.497 e. The Morgan fingerprint density at radius 3 is 2.46 bits per heavy atom. The summed E-state index contributed by atoms with van der Waals surface area (Å²) >= 11 is 13.8. The Kier molecular flexibility index (Phi) is 7.94. The molecule has 1 atom stereocenters. The van der Waals surface area contributed by atoms with Crippen LogP contribution in [0.15, 0.2) is 36.4 Å². The lowest BCUT2D eigenvalue weighted by Crippen LogP contribution is -2.28. The zero-order valence-corrected chi connectivity index (χ0v) is 17.2. The Morgan fingerprint density at radius 2 is 1.85 bits per heavy atom. The van der Waals surface area contributed by atoms with E-state index in [0.717, 1.165) is 11.1 Å². The van der Waals surface area contributed by atoms with Gasteiger partial charge in [0.25, 0.3) is 0 Å². The van der Waals surface area contributed by atoms with E-state index in [1.807, 2.05) is 25.1 Å². The number of carbonyl (C=O) groups excluding carboxylic acids is 1. The van der Waals surface area contributed by atoms with Crippen LogP contribution in [0.5, 0.6) is 11.5 Å². The smallest absolute Gasteiger partial charge is 0.230 e. The van der Waals surface area contributed by atoms with Crippen LogP contribution >= 0.6 is 35.0 Å². The number of methoxy groups -OCH3 is 2. The average molecular weight is 414 g/mol. The quantitative estimate of drug-likeness (QED) is 0.651. The summed E-state index contributed by atoms with van der Waals surface area (Å²) < 4.78 is 10.6. The second kappa shape index (κ2) is 9.95. The van der Waals surface area contributed by atoms with Crippen LogP contribution in [0.3, 0.4) is 0 Å². The van der Waals surface area contributed by atoms with E-state index in [1.54, 1.807) is 32.4 Å². The van der Waals surface area contributed by atoms with Crippen LogP contribution < -0.4 is 14.8 Å². The monoisotopic (exact) mass is 413 g/mol. The summed E-state index contributed by atoms with van der Waals surface area (Å²) in [6.07, 6.45) is 0. The van der Waals surface area contributed by atoms with Gasteiger partial charge in [0.05, 0.1) is 26.0 Å². The Balaban J connectivity index is 1.93. The fourth-order valence-electron chi connectivity index (χ4n) is 2.45. The van der Waals surface area contributed by atoms with Crippen molar-refractivity contribution in [1.82, 2.24) is 5.32 Å². The lowest BCUT2D eigenvalue weighted by Gasteiger charge is -2.18. The van der Waals surface area contributed by atoms with Crippen LogP contribution in [-0.2, 0) is 10.5 Å². The number of carbonyl (C=O) groups is 1. The third kappa shape index (κ3) is 5.47. The number of ether oxygens (including phenoxy) is 2. The standard InChI is InChI=1S/C19H21Cl2NO3S/c1-12(14-9-13(24-2)7-8-18(14)25-3)22-19(23)11-26-10-15-16(20)5-4-6-17(15)21/h4-9,12H,10-11H2,1-3H3,(H,22,23). The Hall–Kier alpha value is -1.56. The molecule has 0 fully saturated rings. The van der Waals surface area contributed by atoms with Crippen molar-refractivity contribution in [2.45, 2.75) is 18.7 Å². The van der Waals surface area contributed by atoms with Crippen molar-refractivity contribution in [2.75, 3.05) is 20.0 Å². The number of benzene rings is 2. The van der Waals surface area contributed by atoms with Gasteiger partial charge in [-0.1, -0.05) is 29.3 Å². The molecule has 1 amide bonds. The Labute approximate surface area is 168 Å². The van der Waals surface area contributed by atoms with Crippen LogP contribution in [0.25, 0.3) is 0 Å². The van der Waals surface area contributed by atoms with Gasteiger partial charge in [0.15, 0.2) is 0 Å². The second-order valence-electron chi connectivity index (χ2n) is 5.59. The first kappa shape index (κ1) is 20.7. The molecule has 0 aliphatic carbocycles. The molecule has 0 aliphatic rings. The van der Waals surface area contributed by atoms with Gasteiger partial charge in [0, 0.05) is 21.4 Å². The lowest BCUT2D eigenvalue weighted by molar-refractivity contribution is -0.119. The summed E-state index contributed by atoms with van der Waals surface area (Å²) in [5.41, 5.74) is 1.70. The first-order valence-corrected chi connectivity index (χ1v) is 9.89. The molecule has 0 radical (unpaired) electrons. The normalized spacial score (nSPS) is 11.7. The molecule has 0 saturated heterocycles. The van der Waals surface area contributed by atoms with Gasteiger partial charge in [-0.05, 0) is 42.8 Å². The molecule has 4 nitrogen and oxygen atoms in total. The Bertz CT molecular complexity index is 750. The van der Waals surface area contributed by atoms with E-state index in [9.17, 15) is 4.79 Å². The fraction of sp³-hybridized carbons (Fsp3) is 0.316. The van der Waals surface area contributed by atoms with Crippen LogP contribution in [0.2, 0.25) is 10.0 Å². The number of nitrogens with one attached hydrogen (secondary N) is 1. The van der Waals surface area contributed by atoms with Gasteiger partial charge >= 0.3 is 0 Å².